The Morgan fingerprint density at radius 1 is 1.30 bits per heavy atom. The van der Waals surface area contributed by atoms with Crippen molar-refractivity contribution in [1.29, 1.82) is 0 Å². The number of hydrogen-bond acceptors (Lipinski definition) is 6. The largest absolute Gasteiger partial charge is 0.490 e. The molecule has 1 aromatic carbocycles. The lowest BCUT2D eigenvalue weighted by Gasteiger charge is -2.33. The molecule has 1 aliphatic heterocycles. The van der Waals surface area contributed by atoms with Crippen LogP contribution in [0.1, 0.15) is 19.8 Å². The van der Waals surface area contributed by atoms with Crippen LogP contribution in [0.4, 0.5) is 11.4 Å². The highest BCUT2D eigenvalue weighted by molar-refractivity contribution is 5.59. The van der Waals surface area contributed by atoms with Crippen LogP contribution in [0.2, 0.25) is 0 Å². The molecule has 2 rings (SSSR count). The Hall–Kier alpha value is -1.86. The standard InChI is InChI=1S/C16H24N2O5/c1-3-22-10-11-23-14-6-8-17(9-7-14)13-4-5-15(18(19)20)16(12-13)21-2/h4-5,12,14H,3,6-11H2,1-2H3. The number of ether oxygens (including phenoxy) is 3. The van der Waals surface area contributed by atoms with E-state index in [0.717, 1.165) is 31.6 Å². The van der Waals surface area contributed by atoms with E-state index in [1.54, 1.807) is 12.1 Å². The average molecular weight is 324 g/mol. The molecule has 1 fully saturated rings. The Morgan fingerprint density at radius 2 is 2.04 bits per heavy atom. The summed E-state index contributed by atoms with van der Waals surface area (Å²) in [6, 6.07) is 5.00. The third kappa shape index (κ3) is 4.80. The van der Waals surface area contributed by atoms with Crippen LogP contribution < -0.4 is 9.64 Å². The van der Waals surface area contributed by atoms with Gasteiger partial charge in [-0.3, -0.25) is 10.1 Å². The summed E-state index contributed by atoms with van der Waals surface area (Å²) in [5.41, 5.74) is 0.936. The molecule has 1 aliphatic rings. The number of nitro groups is 1. The molecule has 7 nitrogen and oxygen atoms in total. The highest BCUT2D eigenvalue weighted by Gasteiger charge is 2.22. The fraction of sp³-hybridized carbons (Fsp3) is 0.625. The second-order valence-corrected chi connectivity index (χ2v) is 5.37. The van der Waals surface area contributed by atoms with Crippen LogP contribution in [0, 0.1) is 10.1 Å². The van der Waals surface area contributed by atoms with E-state index in [0.29, 0.717) is 25.6 Å². The third-order valence-corrected chi connectivity index (χ3v) is 3.95. The zero-order valence-electron chi connectivity index (χ0n) is 13.7. The van der Waals surface area contributed by atoms with Crippen LogP contribution in [0.25, 0.3) is 0 Å². The summed E-state index contributed by atoms with van der Waals surface area (Å²) >= 11 is 0. The molecule has 0 atom stereocenters. The maximum Gasteiger partial charge on any atom is 0.311 e. The Kier molecular flexibility index (Phi) is 6.61. The van der Waals surface area contributed by atoms with Gasteiger partial charge in [-0.05, 0) is 25.8 Å². The van der Waals surface area contributed by atoms with Gasteiger partial charge in [0.2, 0.25) is 0 Å². The number of rotatable bonds is 8. The molecule has 0 radical (unpaired) electrons. The van der Waals surface area contributed by atoms with E-state index in [1.807, 2.05) is 6.92 Å². The number of anilines is 1. The Morgan fingerprint density at radius 3 is 2.65 bits per heavy atom. The molecule has 1 aromatic rings. The van der Waals surface area contributed by atoms with Crippen LogP contribution >= 0.6 is 0 Å². The first kappa shape index (κ1) is 17.5. The van der Waals surface area contributed by atoms with E-state index < -0.39 is 4.92 Å². The molecule has 0 saturated carbocycles. The van der Waals surface area contributed by atoms with E-state index in [-0.39, 0.29) is 11.8 Å². The minimum absolute atomic E-state index is 0.00889. The molecular weight excluding hydrogens is 300 g/mol. The average Bonchev–Trinajstić information content (AvgIpc) is 2.58. The number of nitro benzene ring substituents is 1. The Bertz CT molecular complexity index is 515. The van der Waals surface area contributed by atoms with E-state index in [4.69, 9.17) is 14.2 Å². The van der Waals surface area contributed by atoms with Crippen LogP contribution in [-0.2, 0) is 9.47 Å². The quantitative estimate of drug-likeness (QED) is 0.416. The minimum Gasteiger partial charge on any atom is -0.490 e. The predicted octanol–water partition coefficient (Wildman–Crippen LogP) is 2.63. The summed E-state index contributed by atoms with van der Waals surface area (Å²) in [6.07, 6.45) is 2.13. The van der Waals surface area contributed by atoms with Gasteiger partial charge in [0, 0.05) is 37.5 Å². The summed E-state index contributed by atoms with van der Waals surface area (Å²) in [7, 11) is 1.45. The summed E-state index contributed by atoms with van der Waals surface area (Å²) < 4.78 is 16.2. The van der Waals surface area contributed by atoms with Crippen molar-refractivity contribution in [3.05, 3.63) is 28.3 Å². The Balaban J connectivity index is 1.88. The monoisotopic (exact) mass is 324 g/mol. The molecule has 0 amide bonds. The Labute approximate surface area is 136 Å². The van der Waals surface area contributed by atoms with Crippen molar-refractivity contribution in [2.75, 3.05) is 44.9 Å². The molecule has 0 spiro atoms. The molecule has 23 heavy (non-hydrogen) atoms. The number of nitrogens with zero attached hydrogens (tertiary/aromatic N) is 2. The lowest BCUT2D eigenvalue weighted by Crippen LogP contribution is -2.37. The SMILES string of the molecule is CCOCCOC1CCN(c2ccc([N+](=O)[O-])c(OC)c2)CC1. The van der Waals surface area contributed by atoms with Gasteiger partial charge in [-0.25, -0.2) is 0 Å². The van der Waals surface area contributed by atoms with Gasteiger partial charge in [0.1, 0.15) is 0 Å². The van der Waals surface area contributed by atoms with Crippen LogP contribution in [0.15, 0.2) is 18.2 Å². The molecule has 1 heterocycles. The zero-order chi connectivity index (χ0) is 16.7. The lowest BCUT2D eigenvalue weighted by atomic mass is 10.1. The van der Waals surface area contributed by atoms with Gasteiger partial charge >= 0.3 is 5.69 Å². The molecule has 0 N–H and O–H groups in total. The second-order valence-electron chi connectivity index (χ2n) is 5.37. The topological polar surface area (TPSA) is 74.1 Å². The van der Waals surface area contributed by atoms with Crippen molar-refractivity contribution < 1.29 is 19.1 Å². The number of piperidine rings is 1. The van der Waals surface area contributed by atoms with E-state index >= 15 is 0 Å². The molecule has 128 valence electrons. The van der Waals surface area contributed by atoms with Gasteiger partial charge in [-0.15, -0.1) is 0 Å². The van der Waals surface area contributed by atoms with E-state index in [1.165, 1.54) is 13.2 Å². The van der Waals surface area contributed by atoms with Gasteiger partial charge in [-0.1, -0.05) is 0 Å². The van der Waals surface area contributed by atoms with Crippen molar-refractivity contribution >= 4 is 11.4 Å². The molecule has 0 aromatic heterocycles. The van der Waals surface area contributed by atoms with E-state index in [9.17, 15) is 10.1 Å². The number of benzene rings is 1. The first-order valence-corrected chi connectivity index (χ1v) is 7.92. The molecule has 7 heteroatoms. The molecular formula is C16H24N2O5. The van der Waals surface area contributed by atoms with Gasteiger partial charge in [-0.2, -0.15) is 0 Å². The maximum atomic E-state index is 10.9. The normalized spacial score (nSPS) is 15.7. The smallest absolute Gasteiger partial charge is 0.311 e. The predicted molar refractivity (Wildman–Crippen MR) is 87.3 cm³/mol. The second kappa shape index (κ2) is 8.69. The highest BCUT2D eigenvalue weighted by Crippen LogP contribution is 2.32. The van der Waals surface area contributed by atoms with Crippen LogP contribution in [0.3, 0.4) is 0 Å². The lowest BCUT2D eigenvalue weighted by molar-refractivity contribution is -0.385. The van der Waals surface area contributed by atoms with E-state index in [2.05, 4.69) is 4.90 Å². The summed E-state index contributed by atoms with van der Waals surface area (Å²) in [4.78, 5) is 12.7. The fourth-order valence-electron chi connectivity index (χ4n) is 2.71. The maximum absolute atomic E-state index is 10.9. The van der Waals surface area contributed by atoms with Crippen LogP contribution in [0.5, 0.6) is 5.75 Å². The summed E-state index contributed by atoms with van der Waals surface area (Å²) in [5.74, 6) is 0.294. The molecule has 1 saturated heterocycles. The first-order valence-electron chi connectivity index (χ1n) is 7.92. The highest BCUT2D eigenvalue weighted by atomic mass is 16.6. The van der Waals surface area contributed by atoms with Gasteiger partial charge in [0.15, 0.2) is 5.75 Å². The van der Waals surface area contributed by atoms with Gasteiger partial charge in [0.25, 0.3) is 0 Å². The van der Waals surface area contributed by atoms with Crippen molar-refractivity contribution in [2.45, 2.75) is 25.9 Å². The zero-order valence-corrected chi connectivity index (χ0v) is 13.7. The van der Waals surface area contributed by atoms with Crippen molar-refractivity contribution in [1.82, 2.24) is 0 Å². The molecule has 0 bridgehead atoms. The number of hydrogen-bond donors (Lipinski definition) is 0. The van der Waals surface area contributed by atoms with Crippen LogP contribution in [-0.4, -0.2) is 51.0 Å². The summed E-state index contributed by atoms with van der Waals surface area (Å²) in [6.45, 7) is 5.67. The fourth-order valence-corrected chi connectivity index (χ4v) is 2.71. The first-order chi connectivity index (χ1) is 11.2. The third-order valence-electron chi connectivity index (χ3n) is 3.95. The number of methoxy groups -OCH3 is 1. The molecule has 0 unspecified atom stereocenters. The summed E-state index contributed by atoms with van der Waals surface area (Å²) in [5, 5.41) is 10.9. The van der Waals surface area contributed by atoms with Crippen molar-refractivity contribution in [2.24, 2.45) is 0 Å². The van der Waals surface area contributed by atoms with Crippen molar-refractivity contribution in [3.63, 3.8) is 0 Å². The minimum atomic E-state index is -0.430. The molecule has 0 aliphatic carbocycles. The van der Waals surface area contributed by atoms with Gasteiger partial charge in [0.05, 0.1) is 31.4 Å². The van der Waals surface area contributed by atoms with Crippen molar-refractivity contribution in [3.8, 4) is 5.75 Å². The van der Waals surface area contributed by atoms with Gasteiger partial charge < -0.3 is 19.1 Å².